The van der Waals surface area contributed by atoms with Crippen LogP contribution in [0.5, 0.6) is 0 Å². The summed E-state index contributed by atoms with van der Waals surface area (Å²) in [7, 11) is 3.95. The van der Waals surface area contributed by atoms with Crippen LogP contribution in [0.15, 0.2) is 47.5 Å². The molecule has 1 aliphatic rings. The van der Waals surface area contributed by atoms with Gasteiger partial charge in [-0.2, -0.15) is 4.98 Å². The molecule has 3 rings (SSSR count). The normalized spacial score (nSPS) is 19.1. The SMILES string of the molecule is CN(C)c1ccnc(N[C@H]2CC[C@@H](CNC(=O)CSc3ccccc3)CC2)n1. The maximum absolute atomic E-state index is 12.1. The second-order valence-electron chi connectivity index (χ2n) is 7.40. The average molecular weight is 400 g/mol. The summed E-state index contributed by atoms with van der Waals surface area (Å²) in [5, 5.41) is 6.56. The molecule has 1 saturated carbocycles. The van der Waals surface area contributed by atoms with Crippen LogP contribution in [0.25, 0.3) is 0 Å². The fraction of sp³-hybridized carbons (Fsp3) is 0.476. The molecule has 0 unspecified atom stereocenters. The molecular weight excluding hydrogens is 370 g/mol. The smallest absolute Gasteiger partial charge is 0.230 e. The highest BCUT2D eigenvalue weighted by molar-refractivity contribution is 8.00. The van der Waals surface area contributed by atoms with Crippen LogP contribution in [0.1, 0.15) is 25.7 Å². The average Bonchev–Trinajstić information content (AvgIpc) is 2.72. The van der Waals surface area contributed by atoms with Crippen LogP contribution >= 0.6 is 11.8 Å². The van der Waals surface area contributed by atoms with Crippen LogP contribution < -0.4 is 15.5 Å². The number of aromatic nitrogens is 2. The molecular formula is C21H29N5OS. The van der Waals surface area contributed by atoms with Gasteiger partial charge >= 0.3 is 0 Å². The van der Waals surface area contributed by atoms with Gasteiger partial charge in [0, 0.05) is 37.8 Å². The van der Waals surface area contributed by atoms with Crippen molar-refractivity contribution in [1.29, 1.82) is 0 Å². The van der Waals surface area contributed by atoms with Gasteiger partial charge in [0.2, 0.25) is 11.9 Å². The third-order valence-corrected chi connectivity index (χ3v) is 5.99. The Bertz CT molecular complexity index is 747. The minimum absolute atomic E-state index is 0.114. The molecule has 0 saturated heterocycles. The number of thioether (sulfide) groups is 1. The number of nitrogens with one attached hydrogen (secondary N) is 2. The number of rotatable bonds is 8. The molecule has 1 aliphatic carbocycles. The first kappa shape index (κ1) is 20.5. The van der Waals surface area contributed by atoms with E-state index in [0.717, 1.165) is 42.9 Å². The predicted octanol–water partition coefficient (Wildman–Crippen LogP) is 3.42. The van der Waals surface area contributed by atoms with Gasteiger partial charge in [-0.3, -0.25) is 4.79 Å². The fourth-order valence-corrected chi connectivity index (χ4v) is 4.09. The molecule has 7 heteroatoms. The number of anilines is 2. The van der Waals surface area contributed by atoms with Crippen LogP contribution in [0, 0.1) is 5.92 Å². The number of hydrogen-bond donors (Lipinski definition) is 2. The highest BCUT2D eigenvalue weighted by Crippen LogP contribution is 2.26. The zero-order valence-corrected chi connectivity index (χ0v) is 17.4. The number of benzene rings is 1. The Kier molecular flexibility index (Phi) is 7.54. The van der Waals surface area contributed by atoms with Crippen LogP contribution in [-0.4, -0.2) is 48.3 Å². The van der Waals surface area contributed by atoms with Gasteiger partial charge in [0.05, 0.1) is 5.75 Å². The topological polar surface area (TPSA) is 70.2 Å². The summed E-state index contributed by atoms with van der Waals surface area (Å²) in [5.74, 6) is 2.74. The zero-order valence-electron chi connectivity index (χ0n) is 16.6. The van der Waals surface area contributed by atoms with Crippen molar-refractivity contribution in [2.75, 3.05) is 36.6 Å². The van der Waals surface area contributed by atoms with Crippen molar-refractivity contribution in [2.45, 2.75) is 36.6 Å². The van der Waals surface area contributed by atoms with Crippen LogP contribution in [0.2, 0.25) is 0 Å². The largest absolute Gasteiger partial charge is 0.363 e. The van der Waals surface area contributed by atoms with E-state index in [9.17, 15) is 4.79 Å². The third kappa shape index (κ3) is 6.41. The van der Waals surface area contributed by atoms with E-state index in [2.05, 4.69) is 20.6 Å². The van der Waals surface area contributed by atoms with Crippen molar-refractivity contribution in [2.24, 2.45) is 5.92 Å². The van der Waals surface area contributed by atoms with E-state index >= 15 is 0 Å². The monoisotopic (exact) mass is 399 g/mol. The lowest BCUT2D eigenvalue weighted by Gasteiger charge is -2.29. The minimum atomic E-state index is 0.114. The van der Waals surface area contributed by atoms with Crippen LogP contribution in [0.4, 0.5) is 11.8 Å². The van der Waals surface area contributed by atoms with Crippen molar-refractivity contribution in [1.82, 2.24) is 15.3 Å². The van der Waals surface area contributed by atoms with E-state index in [4.69, 9.17) is 0 Å². The predicted molar refractivity (Wildman–Crippen MR) is 116 cm³/mol. The molecule has 1 heterocycles. The van der Waals surface area contributed by atoms with Gasteiger partial charge in [-0.05, 0) is 49.8 Å². The summed E-state index contributed by atoms with van der Waals surface area (Å²) in [5.41, 5.74) is 0. The Morgan fingerprint density at radius 1 is 1.14 bits per heavy atom. The first-order valence-electron chi connectivity index (χ1n) is 9.81. The minimum Gasteiger partial charge on any atom is -0.363 e. The number of carbonyl (C=O) groups is 1. The number of nitrogens with zero attached hydrogens (tertiary/aromatic N) is 3. The maximum Gasteiger partial charge on any atom is 0.230 e. The lowest BCUT2D eigenvalue weighted by molar-refractivity contribution is -0.118. The molecule has 0 spiro atoms. The van der Waals surface area contributed by atoms with E-state index < -0.39 is 0 Å². The van der Waals surface area contributed by atoms with Crippen molar-refractivity contribution in [3.63, 3.8) is 0 Å². The van der Waals surface area contributed by atoms with Gasteiger partial charge in [-0.25, -0.2) is 4.98 Å². The molecule has 1 aromatic heterocycles. The van der Waals surface area contributed by atoms with E-state index in [1.165, 1.54) is 0 Å². The van der Waals surface area contributed by atoms with Gasteiger partial charge in [-0.1, -0.05) is 18.2 Å². The van der Waals surface area contributed by atoms with E-state index in [1.807, 2.05) is 55.4 Å². The quantitative estimate of drug-likeness (QED) is 0.663. The lowest BCUT2D eigenvalue weighted by atomic mass is 9.86. The van der Waals surface area contributed by atoms with Gasteiger partial charge in [0.15, 0.2) is 0 Å². The molecule has 0 aliphatic heterocycles. The molecule has 1 aromatic carbocycles. The molecule has 2 aromatic rings. The standard InChI is InChI=1S/C21H29N5OS/c1-26(2)19-12-13-22-21(25-19)24-17-10-8-16(9-11-17)14-23-20(27)15-28-18-6-4-3-5-7-18/h3-7,12-13,16-17H,8-11,14-15H2,1-2H3,(H,23,27)(H,22,24,25)/t16-,17+. The summed E-state index contributed by atoms with van der Waals surface area (Å²) in [6.45, 7) is 0.771. The molecule has 1 fully saturated rings. The Balaban J connectivity index is 1.35. The molecule has 0 atom stereocenters. The fourth-order valence-electron chi connectivity index (χ4n) is 3.34. The van der Waals surface area contributed by atoms with E-state index in [-0.39, 0.29) is 5.91 Å². The summed E-state index contributed by atoms with van der Waals surface area (Å²) >= 11 is 1.58. The lowest BCUT2D eigenvalue weighted by Crippen LogP contribution is -2.34. The number of hydrogen-bond acceptors (Lipinski definition) is 6. The Morgan fingerprint density at radius 3 is 2.61 bits per heavy atom. The third-order valence-electron chi connectivity index (χ3n) is 4.98. The second-order valence-corrected chi connectivity index (χ2v) is 8.45. The van der Waals surface area contributed by atoms with Gasteiger partial charge in [0.25, 0.3) is 0 Å². The number of amides is 1. The van der Waals surface area contributed by atoms with Crippen LogP contribution in [0.3, 0.4) is 0 Å². The summed E-state index contributed by atoms with van der Waals surface area (Å²) in [4.78, 5) is 24.1. The highest BCUT2D eigenvalue weighted by atomic mass is 32.2. The van der Waals surface area contributed by atoms with E-state index in [1.54, 1.807) is 18.0 Å². The summed E-state index contributed by atoms with van der Waals surface area (Å²) in [6.07, 6.45) is 6.16. The van der Waals surface area contributed by atoms with Crippen LogP contribution in [-0.2, 0) is 4.79 Å². The zero-order chi connectivity index (χ0) is 19.8. The summed E-state index contributed by atoms with van der Waals surface area (Å²) in [6, 6.07) is 12.3. The van der Waals surface area contributed by atoms with Gasteiger partial charge in [-0.15, -0.1) is 11.8 Å². The molecule has 2 N–H and O–H groups in total. The Hall–Kier alpha value is -2.28. The van der Waals surface area contributed by atoms with Crippen molar-refractivity contribution in [3.05, 3.63) is 42.6 Å². The van der Waals surface area contributed by atoms with E-state index in [0.29, 0.717) is 23.7 Å². The first-order chi connectivity index (χ1) is 13.6. The summed E-state index contributed by atoms with van der Waals surface area (Å²) < 4.78 is 0. The molecule has 0 radical (unpaired) electrons. The maximum atomic E-state index is 12.1. The Labute approximate surface area is 171 Å². The highest BCUT2D eigenvalue weighted by Gasteiger charge is 2.22. The van der Waals surface area contributed by atoms with Crippen molar-refractivity contribution >= 4 is 29.4 Å². The number of carbonyl (C=O) groups excluding carboxylic acids is 1. The van der Waals surface area contributed by atoms with Gasteiger partial charge < -0.3 is 15.5 Å². The molecule has 1 amide bonds. The molecule has 150 valence electrons. The van der Waals surface area contributed by atoms with Crippen molar-refractivity contribution in [3.8, 4) is 0 Å². The molecule has 6 nitrogen and oxygen atoms in total. The first-order valence-corrected chi connectivity index (χ1v) is 10.8. The molecule has 0 bridgehead atoms. The second kappa shape index (κ2) is 10.3. The van der Waals surface area contributed by atoms with Crippen molar-refractivity contribution < 1.29 is 4.79 Å². The Morgan fingerprint density at radius 2 is 1.89 bits per heavy atom. The molecule has 28 heavy (non-hydrogen) atoms. The van der Waals surface area contributed by atoms with Gasteiger partial charge in [0.1, 0.15) is 5.82 Å².